The van der Waals surface area contributed by atoms with Crippen LogP contribution >= 0.6 is 0 Å². The van der Waals surface area contributed by atoms with Crippen LogP contribution in [-0.4, -0.2) is 42.0 Å². The van der Waals surface area contributed by atoms with Crippen molar-refractivity contribution in [2.75, 3.05) is 17.2 Å². The summed E-state index contributed by atoms with van der Waals surface area (Å²) in [6, 6.07) is 13.3. The number of aliphatic hydroxyl groups is 1. The van der Waals surface area contributed by atoms with Crippen molar-refractivity contribution in [2.24, 2.45) is 0 Å². The number of amides is 3. The van der Waals surface area contributed by atoms with E-state index in [0.29, 0.717) is 17.9 Å². The number of hydrogen-bond donors (Lipinski definition) is 4. The van der Waals surface area contributed by atoms with Gasteiger partial charge in [-0.3, -0.25) is 4.79 Å². The quantitative estimate of drug-likeness (QED) is 0.354. The van der Waals surface area contributed by atoms with E-state index >= 15 is 0 Å². The van der Waals surface area contributed by atoms with Gasteiger partial charge in [-0.25, -0.2) is 18.0 Å². The third-order valence-corrected chi connectivity index (χ3v) is 6.78. The van der Waals surface area contributed by atoms with Crippen molar-refractivity contribution >= 4 is 23.3 Å². The van der Waals surface area contributed by atoms with E-state index in [0.717, 1.165) is 23.8 Å². The first-order chi connectivity index (χ1) is 18.8. The van der Waals surface area contributed by atoms with Gasteiger partial charge in [-0.1, -0.05) is 12.1 Å². The van der Waals surface area contributed by atoms with E-state index in [1.54, 1.807) is 24.3 Å². The van der Waals surface area contributed by atoms with E-state index in [1.165, 1.54) is 18.2 Å². The fourth-order valence-corrected chi connectivity index (χ4v) is 4.97. The number of anilines is 2. The van der Waals surface area contributed by atoms with E-state index in [-0.39, 0.29) is 36.7 Å². The SMILES string of the molecule is O=C(C[C@@H]1C[C@H]2c3cc(NC(=O)Nc4ccccc4F)ccc3O[C@H]2[C@@H](CO)O1)NCc1cc(F)ccc1F. The Morgan fingerprint density at radius 1 is 0.974 bits per heavy atom. The van der Waals surface area contributed by atoms with Crippen molar-refractivity contribution in [2.45, 2.75) is 43.6 Å². The number of nitrogens with one attached hydrogen (secondary N) is 3. The first-order valence-corrected chi connectivity index (χ1v) is 12.4. The Morgan fingerprint density at radius 3 is 2.59 bits per heavy atom. The van der Waals surface area contributed by atoms with Gasteiger partial charge in [0.15, 0.2) is 0 Å². The maximum absolute atomic E-state index is 13.9. The first-order valence-electron chi connectivity index (χ1n) is 12.4. The lowest BCUT2D eigenvalue weighted by Crippen LogP contribution is -2.47. The molecule has 0 saturated carbocycles. The molecule has 204 valence electrons. The fourth-order valence-electron chi connectivity index (χ4n) is 4.97. The van der Waals surface area contributed by atoms with Gasteiger partial charge >= 0.3 is 6.03 Å². The average molecular weight is 542 g/mol. The molecule has 0 aromatic heterocycles. The molecule has 8 nitrogen and oxygen atoms in total. The Balaban J connectivity index is 1.24. The molecule has 0 radical (unpaired) electrons. The van der Waals surface area contributed by atoms with Crippen molar-refractivity contribution in [3.8, 4) is 5.75 Å². The molecule has 1 fully saturated rings. The highest BCUT2D eigenvalue weighted by molar-refractivity contribution is 6.00. The third-order valence-electron chi connectivity index (χ3n) is 6.78. The molecule has 2 aliphatic heterocycles. The molecule has 4 N–H and O–H groups in total. The second-order valence-electron chi connectivity index (χ2n) is 9.43. The van der Waals surface area contributed by atoms with Crippen LogP contribution in [0.25, 0.3) is 0 Å². The summed E-state index contributed by atoms with van der Waals surface area (Å²) in [6.07, 6.45) is -1.43. The minimum absolute atomic E-state index is 0.0263. The van der Waals surface area contributed by atoms with Gasteiger partial charge in [-0.15, -0.1) is 0 Å². The van der Waals surface area contributed by atoms with E-state index in [2.05, 4.69) is 16.0 Å². The van der Waals surface area contributed by atoms with Crippen molar-refractivity contribution in [3.63, 3.8) is 0 Å². The van der Waals surface area contributed by atoms with Crippen LogP contribution in [0, 0.1) is 17.5 Å². The maximum atomic E-state index is 13.9. The van der Waals surface area contributed by atoms with Gasteiger partial charge in [0.2, 0.25) is 5.91 Å². The van der Waals surface area contributed by atoms with Gasteiger partial charge in [-0.05, 0) is 55.0 Å². The van der Waals surface area contributed by atoms with Crippen molar-refractivity contribution in [1.82, 2.24) is 5.32 Å². The second-order valence-corrected chi connectivity index (χ2v) is 9.43. The Hall–Kier alpha value is -4.09. The average Bonchev–Trinajstić information content (AvgIpc) is 3.28. The number of aliphatic hydroxyl groups excluding tert-OH is 1. The zero-order valence-electron chi connectivity index (χ0n) is 20.6. The van der Waals surface area contributed by atoms with Crippen LogP contribution in [0.1, 0.15) is 29.9 Å². The Labute approximate surface area is 222 Å². The smallest absolute Gasteiger partial charge is 0.323 e. The lowest BCUT2D eigenvalue weighted by molar-refractivity contribution is -0.142. The van der Waals surface area contributed by atoms with Crippen LogP contribution in [0.2, 0.25) is 0 Å². The molecule has 0 aliphatic carbocycles. The number of fused-ring (bicyclic) bond motifs is 3. The molecule has 39 heavy (non-hydrogen) atoms. The minimum Gasteiger partial charge on any atom is -0.487 e. The molecule has 2 aliphatic rings. The second kappa shape index (κ2) is 11.3. The summed E-state index contributed by atoms with van der Waals surface area (Å²) in [5.74, 6) is -1.88. The Bertz CT molecular complexity index is 1390. The molecular formula is C28H26F3N3O5. The zero-order chi connectivity index (χ0) is 27.5. The molecule has 3 aromatic carbocycles. The van der Waals surface area contributed by atoms with Crippen molar-refractivity contribution in [3.05, 3.63) is 89.2 Å². The lowest BCUT2D eigenvalue weighted by Gasteiger charge is -2.37. The van der Waals surface area contributed by atoms with Gasteiger partial charge < -0.3 is 30.5 Å². The van der Waals surface area contributed by atoms with Crippen molar-refractivity contribution < 1.29 is 37.3 Å². The molecule has 1 saturated heterocycles. The maximum Gasteiger partial charge on any atom is 0.323 e. The number of hydrogen-bond acceptors (Lipinski definition) is 5. The van der Waals surface area contributed by atoms with Gasteiger partial charge in [0, 0.05) is 29.3 Å². The number of carbonyl (C=O) groups is 2. The van der Waals surface area contributed by atoms with E-state index in [4.69, 9.17) is 9.47 Å². The standard InChI is InChI=1S/C28H26F3N3O5/c29-16-5-7-21(30)15(9-16)13-32-26(36)12-18-11-20-19-10-17(6-8-24(19)39-27(20)25(14-35)38-18)33-28(37)34-23-4-2-1-3-22(23)31/h1-10,18,20,25,27,35H,11-14H2,(H,32,36)(H2,33,34,37)/t18-,20-,25+,27+/m0/s1. The van der Waals surface area contributed by atoms with Crippen LogP contribution < -0.4 is 20.7 Å². The van der Waals surface area contributed by atoms with E-state index < -0.39 is 47.7 Å². The number of ether oxygens (including phenoxy) is 2. The number of rotatable bonds is 7. The predicted molar refractivity (Wildman–Crippen MR) is 136 cm³/mol. The highest BCUT2D eigenvalue weighted by atomic mass is 19.1. The third kappa shape index (κ3) is 5.99. The summed E-state index contributed by atoms with van der Waals surface area (Å²) < 4.78 is 53.1. The zero-order valence-corrected chi connectivity index (χ0v) is 20.6. The number of carbonyl (C=O) groups excluding carboxylic acids is 2. The van der Waals surface area contributed by atoms with Gasteiger partial charge in [-0.2, -0.15) is 0 Å². The minimum atomic E-state index is -0.699. The molecule has 0 unspecified atom stereocenters. The topological polar surface area (TPSA) is 109 Å². The largest absolute Gasteiger partial charge is 0.487 e. The number of urea groups is 1. The highest BCUT2D eigenvalue weighted by Crippen LogP contribution is 2.47. The molecule has 3 aromatic rings. The van der Waals surface area contributed by atoms with Crippen LogP contribution in [0.5, 0.6) is 5.75 Å². The van der Waals surface area contributed by atoms with Gasteiger partial charge in [0.05, 0.1) is 24.8 Å². The van der Waals surface area contributed by atoms with E-state index in [1.807, 2.05) is 0 Å². The summed E-state index contributed by atoms with van der Waals surface area (Å²) in [5.41, 5.74) is 1.29. The summed E-state index contributed by atoms with van der Waals surface area (Å²) in [4.78, 5) is 25.0. The van der Waals surface area contributed by atoms with Crippen LogP contribution in [-0.2, 0) is 16.1 Å². The number of halogens is 3. The number of para-hydroxylation sites is 1. The van der Waals surface area contributed by atoms with Gasteiger partial charge in [0.1, 0.15) is 35.4 Å². The number of benzene rings is 3. The summed E-state index contributed by atoms with van der Waals surface area (Å²) in [5, 5.41) is 17.7. The molecule has 4 atom stereocenters. The molecule has 0 bridgehead atoms. The summed E-state index contributed by atoms with van der Waals surface area (Å²) in [6.45, 7) is -0.515. The van der Waals surface area contributed by atoms with Crippen LogP contribution in [0.15, 0.2) is 60.7 Å². The molecule has 0 spiro atoms. The lowest BCUT2D eigenvalue weighted by atomic mass is 9.84. The molecule has 5 rings (SSSR count). The van der Waals surface area contributed by atoms with Crippen molar-refractivity contribution in [1.29, 1.82) is 0 Å². The molecular weight excluding hydrogens is 515 g/mol. The molecule has 11 heteroatoms. The molecule has 3 amide bonds. The first kappa shape index (κ1) is 26.5. The van der Waals surface area contributed by atoms with Crippen LogP contribution in [0.4, 0.5) is 29.3 Å². The predicted octanol–water partition coefficient (Wildman–Crippen LogP) is 4.45. The summed E-state index contributed by atoms with van der Waals surface area (Å²) >= 11 is 0. The van der Waals surface area contributed by atoms with E-state index in [9.17, 15) is 27.9 Å². The Kier molecular flexibility index (Phi) is 7.71. The fraction of sp³-hybridized carbons (Fsp3) is 0.286. The molecule has 2 heterocycles. The monoisotopic (exact) mass is 541 g/mol. The summed E-state index contributed by atoms with van der Waals surface area (Å²) in [7, 11) is 0. The Morgan fingerprint density at radius 2 is 1.79 bits per heavy atom. The van der Waals surface area contributed by atoms with Gasteiger partial charge in [0.25, 0.3) is 0 Å². The highest BCUT2D eigenvalue weighted by Gasteiger charge is 2.46. The van der Waals surface area contributed by atoms with Crippen LogP contribution in [0.3, 0.4) is 0 Å². The normalized spacial score (nSPS) is 21.3.